The zero-order valence-corrected chi connectivity index (χ0v) is 11.7. The molecule has 0 saturated heterocycles. The van der Waals surface area contributed by atoms with Crippen molar-refractivity contribution in [3.05, 3.63) is 82.9 Å². The van der Waals surface area contributed by atoms with Crippen molar-refractivity contribution in [3.63, 3.8) is 0 Å². The number of hydrogen-bond donors (Lipinski definition) is 0. The molecule has 0 aliphatic rings. The van der Waals surface area contributed by atoms with Gasteiger partial charge in [0.15, 0.2) is 0 Å². The Hall–Kier alpha value is -3.03. The van der Waals surface area contributed by atoms with E-state index in [1.54, 1.807) is 0 Å². The molecule has 0 unspecified atom stereocenters. The minimum absolute atomic E-state index is 0.681. The van der Waals surface area contributed by atoms with Gasteiger partial charge in [-0.3, -0.25) is 0 Å². The molecule has 0 heterocycles. The molecule has 3 aromatic rings. The molecule has 0 amide bonds. The fraction of sp³-hybridized carbons (Fsp3) is 0.0500. The fourth-order valence-electron chi connectivity index (χ4n) is 2.17. The van der Waals surface area contributed by atoms with Crippen LogP contribution in [0.25, 0.3) is 10.8 Å². The lowest BCUT2D eigenvalue weighted by Crippen LogP contribution is -1.80. The van der Waals surface area contributed by atoms with Crippen molar-refractivity contribution < 1.29 is 0 Å². The lowest BCUT2D eigenvalue weighted by molar-refractivity contribution is 1.46. The van der Waals surface area contributed by atoms with Crippen molar-refractivity contribution in [1.82, 2.24) is 0 Å². The van der Waals surface area contributed by atoms with Crippen molar-refractivity contribution in [2.45, 2.75) is 6.92 Å². The van der Waals surface area contributed by atoms with Crippen LogP contribution in [0, 0.1) is 30.1 Å². The fourth-order valence-corrected chi connectivity index (χ4v) is 2.17. The van der Waals surface area contributed by atoms with Gasteiger partial charge in [0.05, 0.1) is 11.6 Å². The van der Waals surface area contributed by atoms with Gasteiger partial charge in [0.25, 0.3) is 0 Å². The molecule has 3 aromatic carbocycles. The molecule has 0 N–H and O–H groups in total. The van der Waals surface area contributed by atoms with Gasteiger partial charge in [0, 0.05) is 11.1 Å². The van der Waals surface area contributed by atoms with Gasteiger partial charge in [0.1, 0.15) is 0 Å². The Balaban J connectivity index is 1.95. The first kappa shape index (κ1) is 13.0. The zero-order chi connectivity index (χ0) is 14.7. The van der Waals surface area contributed by atoms with Crippen molar-refractivity contribution >= 4 is 10.8 Å². The summed E-state index contributed by atoms with van der Waals surface area (Å²) in [6.07, 6.45) is 0. The Bertz CT molecular complexity index is 900. The van der Waals surface area contributed by atoms with Crippen LogP contribution in [0.3, 0.4) is 0 Å². The summed E-state index contributed by atoms with van der Waals surface area (Å²) < 4.78 is 0. The maximum atomic E-state index is 8.91. The third kappa shape index (κ3) is 2.94. The van der Waals surface area contributed by atoms with Crippen LogP contribution >= 0.6 is 0 Å². The minimum Gasteiger partial charge on any atom is -0.192 e. The molecule has 0 atom stereocenters. The highest BCUT2D eigenvalue weighted by Crippen LogP contribution is 2.17. The molecule has 0 fully saturated rings. The van der Waals surface area contributed by atoms with Crippen LogP contribution in [0.2, 0.25) is 0 Å². The number of benzene rings is 3. The number of nitriles is 1. The molecule has 0 aromatic heterocycles. The van der Waals surface area contributed by atoms with Gasteiger partial charge in [-0.2, -0.15) is 5.26 Å². The van der Waals surface area contributed by atoms with Crippen LogP contribution in [0.4, 0.5) is 0 Å². The van der Waals surface area contributed by atoms with E-state index < -0.39 is 0 Å². The molecule has 1 heteroatoms. The SMILES string of the molecule is Cc1ccc(C#Cc2ccc3cc(C#N)ccc3c2)cc1. The maximum Gasteiger partial charge on any atom is 0.0991 e. The molecule has 0 aliphatic heterocycles. The predicted molar refractivity (Wildman–Crippen MR) is 85.8 cm³/mol. The van der Waals surface area contributed by atoms with Crippen molar-refractivity contribution in [1.29, 1.82) is 5.26 Å². The Morgan fingerprint density at radius 1 is 0.667 bits per heavy atom. The van der Waals surface area contributed by atoms with Crippen molar-refractivity contribution in [2.24, 2.45) is 0 Å². The van der Waals surface area contributed by atoms with Gasteiger partial charge in [-0.25, -0.2) is 0 Å². The predicted octanol–water partition coefficient (Wildman–Crippen LogP) is 4.42. The number of hydrogen-bond acceptors (Lipinski definition) is 1. The first-order chi connectivity index (χ1) is 10.2. The van der Waals surface area contributed by atoms with Crippen LogP contribution in [0.15, 0.2) is 60.7 Å². The lowest BCUT2D eigenvalue weighted by atomic mass is 10.0. The summed E-state index contributed by atoms with van der Waals surface area (Å²) in [4.78, 5) is 0. The maximum absolute atomic E-state index is 8.91. The molecular weight excluding hydrogens is 254 g/mol. The van der Waals surface area contributed by atoms with Crippen LogP contribution in [0.1, 0.15) is 22.3 Å². The molecule has 0 spiro atoms. The topological polar surface area (TPSA) is 23.8 Å². The Kier molecular flexibility index (Phi) is 3.42. The van der Waals surface area contributed by atoms with Crippen LogP contribution < -0.4 is 0 Å². The molecule has 21 heavy (non-hydrogen) atoms. The molecule has 0 aliphatic carbocycles. The summed E-state index contributed by atoms with van der Waals surface area (Å²) in [6, 6.07) is 22.1. The van der Waals surface area contributed by atoms with E-state index in [1.807, 2.05) is 42.5 Å². The summed E-state index contributed by atoms with van der Waals surface area (Å²) in [5.74, 6) is 6.36. The molecule has 0 bridgehead atoms. The largest absolute Gasteiger partial charge is 0.192 e. The smallest absolute Gasteiger partial charge is 0.0991 e. The Morgan fingerprint density at radius 3 is 1.86 bits per heavy atom. The molecule has 0 saturated carbocycles. The minimum atomic E-state index is 0.681. The number of aryl methyl sites for hydroxylation is 1. The number of nitrogens with zero attached hydrogens (tertiary/aromatic N) is 1. The Labute approximate surface area is 124 Å². The second-order valence-electron chi connectivity index (χ2n) is 5.00. The number of fused-ring (bicyclic) bond motifs is 1. The van der Waals surface area contributed by atoms with Crippen LogP contribution in [0.5, 0.6) is 0 Å². The average molecular weight is 267 g/mol. The third-order valence-electron chi connectivity index (χ3n) is 3.37. The highest BCUT2D eigenvalue weighted by molar-refractivity contribution is 5.85. The summed E-state index contributed by atoms with van der Waals surface area (Å²) in [7, 11) is 0. The highest BCUT2D eigenvalue weighted by atomic mass is 14.2. The van der Waals surface area contributed by atoms with E-state index in [2.05, 4.69) is 43.0 Å². The summed E-state index contributed by atoms with van der Waals surface area (Å²) in [5, 5.41) is 11.1. The van der Waals surface area contributed by atoms with E-state index in [0.29, 0.717) is 5.56 Å². The van der Waals surface area contributed by atoms with Crippen molar-refractivity contribution in [2.75, 3.05) is 0 Å². The van der Waals surface area contributed by atoms with E-state index in [-0.39, 0.29) is 0 Å². The van der Waals surface area contributed by atoms with E-state index in [9.17, 15) is 0 Å². The number of rotatable bonds is 0. The molecule has 3 rings (SSSR count). The van der Waals surface area contributed by atoms with Crippen molar-refractivity contribution in [3.8, 4) is 17.9 Å². The second kappa shape index (κ2) is 5.53. The summed E-state index contributed by atoms with van der Waals surface area (Å²) >= 11 is 0. The van der Waals surface area contributed by atoms with E-state index in [1.165, 1.54) is 5.56 Å². The normalized spacial score (nSPS) is 9.71. The van der Waals surface area contributed by atoms with Crippen LogP contribution in [-0.2, 0) is 0 Å². The van der Waals surface area contributed by atoms with E-state index in [0.717, 1.165) is 21.9 Å². The van der Waals surface area contributed by atoms with Gasteiger partial charge in [-0.05, 0) is 54.1 Å². The highest BCUT2D eigenvalue weighted by Gasteiger charge is 1.97. The molecule has 0 radical (unpaired) electrons. The zero-order valence-electron chi connectivity index (χ0n) is 11.7. The lowest BCUT2D eigenvalue weighted by Gasteiger charge is -1.99. The first-order valence-corrected chi connectivity index (χ1v) is 6.77. The van der Waals surface area contributed by atoms with Gasteiger partial charge in [0.2, 0.25) is 0 Å². The molecule has 98 valence electrons. The second-order valence-corrected chi connectivity index (χ2v) is 5.00. The van der Waals surface area contributed by atoms with Gasteiger partial charge < -0.3 is 0 Å². The van der Waals surface area contributed by atoms with Gasteiger partial charge >= 0.3 is 0 Å². The van der Waals surface area contributed by atoms with Crippen LogP contribution in [-0.4, -0.2) is 0 Å². The monoisotopic (exact) mass is 267 g/mol. The molecule has 1 nitrogen and oxygen atoms in total. The average Bonchev–Trinajstić information content (AvgIpc) is 2.53. The quantitative estimate of drug-likeness (QED) is 0.553. The van der Waals surface area contributed by atoms with E-state index in [4.69, 9.17) is 5.26 Å². The Morgan fingerprint density at radius 2 is 1.19 bits per heavy atom. The third-order valence-corrected chi connectivity index (χ3v) is 3.37. The summed E-state index contributed by atoms with van der Waals surface area (Å²) in [5.41, 5.74) is 3.91. The van der Waals surface area contributed by atoms with Gasteiger partial charge in [-0.15, -0.1) is 0 Å². The summed E-state index contributed by atoms with van der Waals surface area (Å²) in [6.45, 7) is 2.07. The first-order valence-electron chi connectivity index (χ1n) is 6.77. The molecular formula is C20H13N. The standard InChI is InChI=1S/C20H13N/c1-15-2-4-16(5-3-15)6-7-17-8-10-20-13-18(14-21)9-11-19(20)12-17/h2-5,8-13H,1H3. The van der Waals surface area contributed by atoms with Gasteiger partial charge in [-0.1, -0.05) is 41.7 Å². The van der Waals surface area contributed by atoms with E-state index >= 15 is 0 Å².